The van der Waals surface area contributed by atoms with Crippen molar-refractivity contribution >= 4 is 17.6 Å². The van der Waals surface area contributed by atoms with Gasteiger partial charge in [0, 0.05) is 33.4 Å². The Morgan fingerprint density at radius 3 is 2.32 bits per heavy atom. The molecule has 1 amide bonds. The van der Waals surface area contributed by atoms with Crippen molar-refractivity contribution in [3.05, 3.63) is 65.2 Å². The van der Waals surface area contributed by atoms with Crippen LogP contribution in [0.4, 0.5) is 5.69 Å². The van der Waals surface area contributed by atoms with Gasteiger partial charge in [-0.15, -0.1) is 0 Å². The SMILES string of the molecule is Cc1ccc(CN(C)C(=O)COC(=O)c2cccc(N(C)C)c2)cc1. The zero-order valence-electron chi connectivity index (χ0n) is 15.2. The van der Waals surface area contributed by atoms with E-state index in [1.165, 1.54) is 5.56 Å². The van der Waals surface area contributed by atoms with E-state index in [0.717, 1.165) is 11.3 Å². The van der Waals surface area contributed by atoms with Crippen LogP contribution in [0.5, 0.6) is 0 Å². The number of esters is 1. The number of rotatable bonds is 6. The zero-order valence-corrected chi connectivity index (χ0v) is 15.2. The van der Waals surface area contributed by atoms with Crippen molar-refractivity contribution in [3.63, 3.8) is 0 Å². The van der Waals surface area contributed by atoms with Gasteiger partial charge < -0.3 is 14.5 Å². The highest BCUT2D eigenvalue weighted by molar-refractivity contribution is 5.92. The first kappa shape index (κ1) is 18.5. The average molecular weight is 340 g/mol. The second-order valence-electron chi connectivity index (χ2n) is 6.26. The number of hydrogen-bond acceptors (Lipinski definition) is 4. The van der Waals surface area contributed by atoms with Crippen LogP contribution in [-0.4, -0.2) is 44.5 Å². The van der Waals surface area contributed by atoms with Crippen LogP contribution in [-0.2, 0) is 16.1 Å². The maximum atomic E-state index is 12.2. The molecular formula is C20H24N2O3. The minimum atomic E-state index is -0.499. The summed E-state index contributed by atoms with van der Waals surface area (Å²) in [6, 6.07) is 15.1. The molecule has 0 N–H and O–H groups in total. The summed E-state index contributed by atoms with van der Waals surface area (Å²) < 4.78 is 5.15. The third-order valence-corrected chi connectivity index (χ3v) is 3.89. The molecule has 132 valence electrons. The lowest BCUT2D eigenvalue weighted by atomic mass is 10.1. The first-order valence-electron chi connectivity index (χ1n) is 8.11. The third-order valence-electron chi connectivity index (χ3n) is 3.89. The maximum absolute atomic E-state index is 12.2. The molecule has 0 bridgehead atoms. The highest BCUT2D eigenvalue weighted by Crippen LogP contribution is 2.14. The van der Waals surface area contributed by atoms with E-state index in [2.05, 4.69) is 0 Å². The zero-order chi connectivity index (χ0) is 18.4. The molecule has 5 heteroatoms. The summed E-state index contributed by atoms with van der Waals surface area (Å²) in [5, 5.41) is 0. The van der Waals surface area contributed by atoms with Gasteiger partial charge in [0.1, 0.15) is 0 Å². The van der Waals surface area contributed by atoms with Gasteiger partial charge in [-0.3, -0.25) is 4.79 Å². The van der Waals surface area contributed by atoms with Crippen LogP contribution in [0.25, 0.3) is 0 Å². The van der Waals surface area contributed by atoms with Crippen LogP contribution in [0, 0.1) is 6.92 Å². The lowest BCUT2D eigenvalue weighted by molar-refractivity contribution is -0.133. The molecule has 0 unspecified atom stereocenters. The molecule has 0 aromatic heterocycles. The fourth-order valence-corrected chi connectivity index (χ4v) is 2.29. The number of amides is 1. The lowest BCUT2D eigenvalue weighted by Gasteiger charge is -2.17. The summed E-state index contributed by atoms with van der Waals surface area (Å²) >= 11 is 0. The van der Waals surface area contributed by atoms with E-state index in [9.17, 15) is 9.59 Å². The van der Waals surface area contributed by atoms with Crippen molar-refractivity contribution in [1.29, 1.82) is 0 Å². The van der Waals surface area contributed by atoms with Crippen LogP contribution < -0.4 is 4.90 Å². The van der Waals surface area contributed by atoms with Gasteiger partial charge in [0.25, 0.3) is 5.91 Å². The van der Waals surface area contributed by atoms with Crippen molar-refractivity contribution in [2.75, 3.05) is 32.6 Å². The molecule has 0 aliphatic rings. The third kappa shape index (κ3) is 5.35. The molecule has 0 radical (unpaired) electrons. The molecule has 0 atom stereocenters. The monoisotopic (exact) mass is 340 g/mol. The smallest absolute Gasteiger partial charge is 0.338 e. The van der Waals surface area contributed by atoms with Crippen LogP contribution in [0.2, 0.25) is 0 Å². The molecule has 0 heterocycles. The number of ether oxygens (including phenoxy) is 1. The molecule has 5 nitrogen and oxygen atoms in total. The van der Waals surface area contributed by atoms with E-state index < -0.39 is 5.97 Å². The Balaban J connectivity index is 1.89. The van der Waals surface area contributed by atoms with E-state index in [1.54, 1.807) is 30.1 Å². The number of benzene rings is 2. The molecular weight excluding hydrogens is 316 g/mol. The van der Waals surface area contributed by atoms with Crippen molar-refractivity contribution in [3.8, 4) is 0 Å². The Morgan fingerprint density at radius 1 is 1.00 bits per heavy atom. The largest absolute Gasteiger partial charge is 0.452 e. The van der Waals surface area contributed by atoms with Gasteiger partial charge in [-0.25, -0.2) is 4.79 Å². The van der Waals surface area contributed by atoms with E-state index in [-0.39, 0.29) is 12.5 Å². The Morgan fingerprint density at radius 2 is 1.68 bits per heavy atom. The van der Waals surface area contributed by atoms with Crippen LogP contribution in [0.3, 0.4) is 0 Å². The highest BCUT2D eigenvalue weighted by Gasteiger charge is 2.14. The first-order chi connectivity index (χ1) is 11.9. The normalized spacial score (nSPS) is 10.2. The van der Waals surface area contributed by atoms with Crippen molar-refractivity contribution in [2.24, 2.45) is 0 Å². The summed E-state index contributed by atoms with van der Waals surface area (Å²) in [4.78, 5) is 27.7. The number of likely N-dealkylation sites (N-methyl/N-ethyl adjacent to an activating group) is 1. The van der Waals surface area contributed by atoms with Crippen LogP contribution >= 0.6 is 0 Å². The van der Waals surface area contributed by atoms with Crippen molar-refractivity contribution in [1.82, 2.24) is 4.90 Å². The first-order valence-corrected chi connectivity index (χ1v) is 8.11. The summed E-state index contributed by atoms with van der Waals surface area (Å²) in [7, 11) is 5.49. The predicted octanol–water partition coefficient (Wildman–Crippen LogP) is 2.88. The second-order valence-corrected chi connectivity index (χ2v) is 6.26. The molecule has 2 aromatic rings. The van der Waals surface area contributed by atoms with E-state index in [4.69, 9.17) is 4.74 Å². The number of carbonyl (C=O) groups is 2. The molecule has 0 fully saturated rings. The number of carbonyl (C=O) groups excluding carboxylic acids is 2. The molecule has 0 saturated heterocycles. The van der Waals surface area contributed by atoms with Crippen LogP contribution in [0.1, 0.15) is 21.5 Å². The highest BCUT2D eigenvalue weighted by atomic mass is 16.5. The Labute approximate surface area is 148 Å². The molecule has 0 saturated carbocycles. The second kappa shape index (κ2) is 8.33. The fourth-order valence-electron chi connectivity index (χ4n) is 2.29. The Bertz CT molecular complexity index is 739. The summed E-state index contributed by atoms with van der Waals surface area (Å²) in [6.07, 6.45) is 0. The quantitative estimate of drug-likeness (QED) is 0.759. The van der Waals surface area contributed by atoms with E-state index in [0.29, 0.717) is 12.1 Å². The molecule has 0 spiro atoms. The minimum Gasteiger partial charge on any atom is -0.452 e. The van der Waals surface area contributed by atoms with Gasteiger partial charge in [-0.1, -0.05) is 35.9 Å². The topological polar surface area (TPSA) is 49.9 Å². The van der Waals surface area contributed by atoms with Gasteiger partial charge in [-0.05, 0) is 30.7 Å². The summed E-state index contributed by atoms with van der Waals surface area (Å²) in [5.74, 6) is -0.738. The molecule has 25 heavy (non-hydrogen) atoms. The Hall–Kier alpha value is -2.82. The molecule has 2 aromatic carbocycles. The van der Waals surface area contributed by atoms with Crippen molar-refractivity contribution < 1.29 is 14.3 Å². The maximum Gasteiger partial charge on any atom is 0.338 e. The van der Waals surface area contributed by atoms with Gasteiger partial charge >= 0.3 is 5.97 Å². The molecule has 0 aliphatic carbocycles. The predicted molar refractivity (Wildman–Crippen MR) is 98.7 cm³/mol. The summed E-state index contributed by atoms with van der Waals surface area (Å²) in [6.45, 7) is 2.23. The van der Waals surface area contributed by atoms with Gasteiger partial charge in [-0.2, -0.15) is 0 Å². The van der Waals surface area contributed by atoms with Gasteiger partial charge in [0.2, 0.25) is 0 Å². The molecule has 0 aliphatic heterocycles. The number of nitrogens with zero attached hydrogens (tertiary/aromatic N) is 2. The number of hydrogen-bond donors (Lipinski definition) is 0. The number of anilines is 1. The standard InChI is InChI=1S/C20H24N2O3/c1-15-8-10-16(11-9-15)13-22(4)19(23)14-25-20(24)17-6-5-7-18(12-17)21(2)3/h5-12H,13-14H2,1-4H3. The fraction of sp³-hybridized carbons (Fsp3) is 0.300. The lowest BCUT2D eigenvalue weighted by Crippen LogP contribution is -2.30. The minimum absolute atomic E-state index is 0.238. The summed E-state index contributed by atoms with van der Waals surface area (Å²) in [5.41, 5.74) is 3.54. The Kier molecular flexibility index (Phi) is 6.17. The van der Waals surface area contributed by atoms with E-state index >= 15 is 0 Å². The number of aryl methyl sites for hydroxylation is 1. The molecule has 2 rings (SSSR count). The van der Waals surface area contributed by atoms with Crippen LogP contribution in [0.15, 0.2) is 48.5 Å². The average Bonchev–Trinajstić information content (AvgIpc) is 2.61. The van der Waals surface area contributed by atoms with Gasteiger partial charge in [0.05, 0.1) is 5.56 Å². The van der Waals surface area contributed by atoms with Gasteiger partial charge in [0.15, 0.2) is 6.61 Å². The van der Waals surface area contributed by atoms with E-state index in [1.807, 2.05) is 56.3 Å². The van der Waals surface area contributed by atoms with Crippen molar-refractivity contribution in [2.45, 2.75) is 13.5 Å².